The van der Waals surface area contributed by atoms with Gasteiger partial charge in [-0.2, -0.15) is 0 Å². The summed E-state index contributed by atoms with van der Waals surface area (Å²) in [6, 6.07) is 5.41. The van der Waals surface area contributed by atoms with Crippen molar-refractivity contribution in [3.8, 4) is 5.75 Å². The van der Waals surface area contributed by atoms with Crippen LogP contribution in [0.3, 0.4) is 0 Å². The predicted octanol–water partition coefficient (Wildman–Crippen LogP) is 2.88. The van der Waals surface area contributed by atoms with Crippen molar-refractivity contribution in [2.45, 2.75) is 26.3 Å². The lowest BCUT2D eigenvalue weighted by atomic mass is 10.0. The molecule has 2 aromatic rings. The average Bonchev–Trinajstić information content (AvgIpc) is 2.70. The fourth-order valence-corrected chi connectivity index (χ4v) is 1.82. The molecular formula is C13H18N2O2. The van der Waals surface area contributed by atoms with Gasteiger partial charge in [0, 0.05) is 6.07 Å². The van der Waals surface area contributed by atoms with Crippen LogP contribution >= 0.6 is 0 Å². The van der Waals surface area contributed by atoms with Crippen LogP contribution in [0.1, 0.15) is 32.2 Å². The molecule has 1 aromatic carbocycles. The van der Waals surface area contributed by atoms with Gasteiger partial charge in [0.25, 0.3) is 0 Å². The molecule has 2 rings (SSSR count). The highest BCUT2D eigenvalue weighted by Gasteiger charge is 2.15. The lowest BCUT2D eigenvalue weighted by Crippen LogP contribution is -2.13. The van der Waals surface area contributed by atoms with Gasteiger partial charge in [-0.1, -0.05) is 13.8 Å². The molecule has 0 saturated carbocycles. The topological polar surface area (TPSA) is 61.3 Å². The molecule has 0 radical (unpaired) electrons. The third-order valence-electron chi connectivity index (χ3n) is 2.65. The maximum atomic E-state index is 6.04. The van der Waals surface area contributed by atoms with Crippen LogP contribution in [0, 0.1) is 5.92 Å². The number of aromatic nitrogens is 1. The molecule has 0 fully saturated rings. The molecule has 1 atom stereocenters. The average molecular weight is 234 g/mol. The Labute approximate surface area is 101 Å². The summed E-state index contributed by atoms with van der Waals surface area (Å²) in [6.45, 7) is 4.26. The smallest absolute Gasteiger partial charge is 0.212 e. The Kier molecular flexibility index (Phi) is 3.33. The summed E-state index contributed by atoms with van der Waals surface area (Å²) in [6.07, 6.45) is 0.865. The van der Waals surface area contributed by atoms with E-state index in [1.165, 1.54) is 0 Å². The van der Waals surface area contributed by atoms with Crippen LogP contribution in [0.4, 0.5) is 0 Å². The predicted molar refractivity (Wildman–Crippen MR) is 66.9 cm³/mol. The molecule has 2 N–H and O–H groups in total. The molecule has 4 nitrogen and oxygen atoms in total. The summed E-state index contributed by atoms with van der Waals surface area (Å²) >= 11 is 0. The van der Waals surface area contributed by atoms with Crippen LogP contribution in [0.15, 0.2) is 22.6 Å². The minimum Gasteiger partial charge on any atom is -0.497 e. The standard InChI is InChI=1S/C13H18N2O2/c1-8(2)6-10(14)13-15-11-7-9(16-3)4-5-12(11)17-13/h4-5,7-8,10H,6,14H2,1-3H3/t10-/m1/s1. The zero-order chi connectivity index (χ0) is 12.4. The van der Waals surface area contributed by atoms with E-state index < -0.39 is 0 Å². The number of benzene rings is 1. The highest BCUT2D eigenvalue weighted by atomic mass is 16.5. The second-order valence-corrected chi connectivity index (χ2v) is 4.62. The van der Waals surface area contributed by atoms with E-state index in [1.807, 2.05) is 18.2 Å². The Morgan fingerprint density at radius 2 is 2.18 bits per heavy atom. The zero-order valence-electron chi connectivity index (χ0n) is 10.4. The molecule has 17 heavy (non-hydrogen) atoms. The first-order chi connectivity index (χ1) is 8.10. The van der Waals surface area contributed by atoms with Gasteiger partial charge in [0.15, 0.2) is 5.58 Å². The van der Waals surface area contributed by atoms with E-state index >= 15 is 0 Å². The van der Waals surface area contributed by atoms with E-state index in [-0.39, 0.29) is 6.04 Å². The number of hydrogen-bond acceptors (Lipinski definition) is 4. The van der Waals surface area contributed by atoms with Crippen LogP contribution in [0.5, 0.6) is 5.75 Å². The van der Waals surface area contributed by atoms with Crippen molar-refractivity contribution in [3.05, 3.63) is 24.1 Å². The molecule has 92 valence electrons. The third kappa shape index (κ3) is 2.58. The number of methoxy groups -OCH3 is 1. The summed E-state index contributed by atoms with van der Waals surface area (Å²) in [5.41, 5.74) is 7.58. The van der Waals surface area contributed by atoms with Crippen molar-refractivity contribution < 1.29 is 9.15 Å². The number of nitrogens with two attached hydrogens (primary N) is 1. The van der Waals surface area contributed by atoms with Gasteiger partial charge in [-0.3, -0.25) is 0 Å². The van der Waals surface area contributed by atoms with Gasteiger partial charge in [-0.15, -0.1) is 0 Å². The summed E-state index contributed by atoms with van der Waals surface area (Å²) in [5, 5.41) is 0. The van der Waals surface area contributed by atoms with Crippen LogP contribution in [0.25, 0.3) is 11.1 Å². The highest BCUT2D eigenvalue weighted by Crippen LogP contribution is 2.25. The van der Waals surface area contributed by atoms with Crippen LogP contribution in [-0.2, 0) is 0 Å². The molecule has 0 amide bonds. The van der Waals surface area contributed by atoms with Crippen LogP contribution in [0.2, 0.25) is 0 Å². The Bertz CT molecular complexity index is 505. The quantitative estimate of drug-likeness (QED) is 0.883. The van der Waals surface area contributed by atoms with Gasteiger partial charge in [0.2, 0.25) is 5.89 Å². The van der Waals surface area contributed by atoms with Gasteiger partial charge in [-0.25, -0.2) is 4.98 Å². The lowest BCUT2D eigenvalue weighted by molar-refractivity contribution is 0.414. The molecule has 0 aliphatic rings. The molecule has 4 heteroatoms. The van der Waals surface area contributed by atoms with Gasteiger partial charge in [0.1, 0.15) is 11.3 Å². The Balaban J connectivity index is 2.30. The Hall–Kier alpha value is -1.55. The summed E-state index contributed by atoms with van der Waals surface area (Å²) < 4.78 is 10.8. The number of rotatable bonds is 4. The van der Waals surface area contributed by atoms with Crippen molar-refractivity contribution >= 4 is 11.1 Å². The second kappa shape index (κ2) is 4.75. The normalized spacial score (nSPS) is 13.2. The van der Waals surface area contributed by atoms with Crippen molar-refractivity contribution in [2.75, 3.05) is 7.11 Å². The van der Waals surface area contributed by atoms with Crippen molar-refractivity contribution in [1.29, 1.82) is 0 Å². The number of nitrogens with zero attached hydrogens (tertiary/aromatic N) is 1. The Morgan fingerprint density at radius 1 is 1.41 bits per heavy atom. The van der Waals surface area contributed by atoms with E-state index in [1.54, 1.807) is 7.11 Å². The first-order valence-corrected chi connectivity index (χ1v) is 5.80. The number of ether oxygens (including phenoxy) is 1. The van der Waals surface area contributed by atoms with E-state index in [2.05, 4.69) is 18.8 Å². The summed E-state index contributed by atoms with van der Waals surface area (Å²) in [7, 11) is 1.63. The SMILES string of the molecule is COc1ccc2oc([C@H](N)CC(C)C)nc2c1. The van der Waals surface area contributed by atoms with Crippen molar-refractivity contribution in [1.82, 2.24) is 4.98 Å². The molecular weight excluding hydrogens is 216 g/mol. The molecule has 1 aromatic heterocycles. The van der Waals surface area contributed by atoms with E-state index in [4.69, 9.17) is 14.9 Å². The zero-order valence-corrected chi connectivity index (χ0v) is 10.4. The highest BCUT2D eigenvalue weighted by molar-refractivity contribution is 5.74. The molecule has 0 aliphatic carbocycles. The molecule has 0 spiro atoms. The fraction of sp³-hybridized carbons (Fsp3) is 0.462. The number of fused-ring (bicyclic) bond motifs is 1. The monoisotopic (exact) mass is 234 g/mol. The number of hydrogen-bond donors (Lipinski definition) is 1. The fourth-order valence-electron chi connectivity index (χ4n) is 1.82. The number of oxazole rings is 1. The molecule has 1 heterocycles. The Morgan fingerprint density at radius 3 is 2.82 bits per heavy atom. The lowest BCUT2D eigenvalue weighted by Gasteiger charge is -2.09. The first kappa shape index (κ1) is 11.9. The maximum absolute atomic E-state index is 6.04. The minimum atomic E-state index is -0.145. The van der Waals surface area contributed by atoms with E-state index in [9.17, 15) is 0 Å². The molecule has 0 bridgehead atoms. The van der Waals surface area contributed by atoms with Gasteiger partial charge < -0.3 is 14.9 Å². The minimum absolute atomic E-state index is 0.145. The van der Waals surface area contributed by atoms with Crippen molar-refractivity contribution in [2.24, 2.45) is 11.7 Å². The van der Waals surface area contributed by atoms with E-state index in [0.29, 0.717) is 11.8 Å². The van der Waals surface area contributed by atoms with Gasteiger partial charge >= 0.3 is 0 Å². The molecule has 0 unspecified atom stereocenters. The summed E-state index contributed by atoms with van der Waals surface area (Å²) in [5.74, 6) is 1.89. The maximum Gasteiger partial charge on any atom is 0.212 e. The third-order valence-corrected chi connectivity index (χ3v) is 2.65. The largest absolute Gasteiger partial charge is 0.497 e. The van der Waals surface area contributed by atoms with E-state index in [0.717, 1.165) is 23.3 Å². The molecule has 0 saturated heterocycles. The molecule has 0 aliphatic heterocycles. The van der Waals surface area contributed by atoms with Gasteiger partial charge in [-0.05, 0) is 24.5 Å². The first-order valence-electron chi connectivity index (χ1n) is 5.80. The van der Waals surface area contributed by atoms with Crippen LogP contribution < -0.4 is 10.5 Å². The van der Waals surface area contributed by atoms with Crippen molar-refractivity contribution in [3.63, 3.8) is 0 Å². The van der Waals surface area contributed by atoms with Crippen LogP contribution in [-0.4, -0.2) is 12.1 Å². The second-order valence-electron chi connectivity index (χ2n) is 4.62. The van der Waals surface area contributed by atoms with Gasteiger partial charge in [0.05, 0.1) is 13.2 Å². The summed E-state index contributed by atoms with van der Waals surface area (Å²) in [4.78, 5) is 4.40.